The Kier molecular flexibility index (Phi) is 5.99. The maximum absolute atomic E-state index is 12.0. The first-order valence-corrected chi connectivity index (χ1v) is 10.2. The van der Waals surface area contributed by atoms with Crippen LogP contribution in [0.5, 0.6) is 0 Å². The van der Waals surface area contributed by atoms with Crippen LogP contribution in [0.4, 0.5) is 10.5 Å². The van der Waals surface area contributed by atoms with Crippen LogP contribution in [-0.2, 0) is 21.4 Å². The number of rotatable bonds is 4. The second-order valence-corrected chi connectivity index (χ2v) is 8.02. The zero-order chi connectivity index (χ0) is 19.1. The molecule has 2 aromatic rings. The molecule has 1 heterocycles. The van der Waals surface area contributed by atoms with Crippen LogP contribution in [0.3, 0.4) is 0 Å². The van der Waals surface area contributed by atoms with Gasteiger partial charge in [0.2, 0.25) is 10.0 Å². The lowest BCUT2D eigenvalue weighted by molar-refractivity contribution is 0.141. The lowest BCUT2D eigenvalue weighted by Gasteiger charge is -2.16. The van der Waals surface area contributed by atoms with Crippen LogP contribution in [0.25, 0.3) is 0 Å². The molecule has 3 rings (SSSR count). The van der Waals surface area contributed by atoms with E-state index in [4.69, 9.17) is 4.74 Å². The number of nitrogens with one attached hydrogen (secondary N) is 1. The van der Waals surface area contributed by atoms with Gasteiger partial charge in [-0.2, -0.15) is 0 Å². The molecule has 0 saturated carbocycles. The molecule has 0 aromatic heterocycles. The lowest BCUT2D eigenvalue weighted by Crippen LogP contribution is -2.25. The molecule has 0 spiro atoms. The minimum atomic E-state index is -3.21. The second kappa shape index (κ2) is 8.60. The molecule has 1 saturated heterocycles. The molecule has 1 fully saturated rings. The first-order chi connectivity index (χ1) is 13.0. The summed E-state index contributed by atoms with van der Waals surface area (Å²) >= 11 is 0. The highest BCUT2D eigenvalue weighted by Crippen LogP contribution is 2.24. The highest BCUT2D eigenvalue weighted by atomic mass is 32.2. The van der Waals surface area contributed by atoms with Gasteiger partial charge >= 0.3 is 6.09 Å². The van der Waals surface area contributed by atoms with Crippen molar-refractivity contribution in [1.29, 1.82) is 0 Å². The van der Waals surface area contributed by atoms with Crippen LogP contribution < -0.4 is 9.62 Å². The molecular weight excluding hydrogens is 364 g/mol. The van der Waals surface area contributed by atoms with Crippen LogP contribution in [0, 0.1) is 11.8 Å². The van der Waals surface area contributed by atoms with E-state index in [-0.39, 0.29) is 18.9 Å². The number of alkyl carbamates (subject to hydrolysis) is 1. The van der Waals surface area contributed by atoms with Gasteiger partial charge in [0, 0.05) is 12.1 Å². The highest BCUT2D eigenvalue weighted by Gasteiger charge is 2.28. The van der Waals surface area contributed by atoms with Gasteiger partial charge in [0.25, 0.3) is 0 Å². The van der Waals surface area contributed by atoms with E-state index in [1.165, 1.54) is 4.31 Å². The third-order valence-corrected chi connectivity index (χ3v) is 5.87. The molecule has 1 aliphatic rings. The summed E-state index contributed by atoms with van der Waals surface area (Å²) < 4.78 is 30.5. The molecule has 1 amide bonds. The van der Waals surface area contributed by atoms with Crippen LogP contribution >= 0.6 is 0 Å². The lowest BCUT2D eigenvalue weighted by atomic mass is 10.2. The fourth-order valence-corrected chi connectivity index (χ4v) is 4.26. The van der Waals surface area contributed by atoms with Crippen molar-refractivity contribution >= 4 is 21.8 Å². The van der Waals surface area contributed by atoms with Crippen molar-refractivity contribution in [3.05, 3.63) is 65.7 Å². The van der Waals surface area contributed by atoms with Crippen molar-refractivity contribution in [3.8, 4) is 11.8 Å². The SMILES string of the molecule is O=C(NCC#Cc1cccc(N2CCCS2(=O)=O)c1)OCc1ccccc1. The van der Waals surface area contributed by atoms with Gasteiger partial charge in [0.1, 0.15) is 6.61 Å². The Morgan fingerprint density at radius 2 is 1.96 bits per heavy atom. The van der Waals surface area contributed by atoms with Gasteiger partial charge in [-0.3, -0.25) is 4.31 Å². The van der Waals surface area contributed by atoms with E-state index < -0.39 is 16.1 Å². The molecule has 1 aliphatic heterocycles. The molecule has 0 radical (unpaired) electrons. The van der Waals surface area contributed by atoms with Crippen molar-refractivity contribution < 1.29 is 17.9 Å². The van der Waals surface area contributed by atoms with Gasteiger partial charge in [-0.05, 0) is 30.2 Å². The van der Waals surface area contributed by atoms with Crippen molar-refractivity contribution in [2.24, 2.45) is 0 Å². The normalized spacial score (nSPS) is 14.9. The van der Waals surface area contributed by atoms with Gasteiger partial charge in [0.05, 0.1) is 18.0 Å². The largest absolute Gasteiger partial charge is 0.445 e. The Morgan fingerprint density at radius 1 is 1.15 bits per heavy atom. The third-order valence-electron chi connectivity index (χ3n) is 4.00. The van der Waals surface area contributed by atoms with Gasteiger partial charge < -0.3 is 10.1 Å². The summed E-state index contributed by atoms with van der Waals surface area (Å²) in [7, 11) is -3.21. The van der Waals surface area contributed by atoms with Crippen molar-refractivity contribution in [2.75, 3.05) is 23.1 Å². The Morgan fingerprint density at radius 3 is 2.70 bits per heavy atom. The molecule has 6 nitrogen and oxygen atoms in total. The number of amides is 1. The Hall–Kier alpha value is -2.98. The summed E-state index contributed by atoms with van der Waals surface area (Å²) in [5.74, 6) is 5.94. The monoisotopic (exact) mass is 384 g/mol. The second-order valence-electron chi connectivity index (χ2n) is 6.01. The van der Waals surface area contributed by atoms with E-state index in [2.05, 4.69) is 17.2 Å². The average Bonchev–Trinajstić information content (AvgIpc) is 3.04. The number of nitrogens with zero attached hydrogens (tertiary/aromatic N) is 1. The molecule has 0 aliphatic carbocycles. The number of carbonyl (C=O) groups excluding carboxylic acids is 1. The number of anilines is 1. The van der Waals surface area contributed by atoms with E-state index in [0.29, 0.717) is 24.2 Å². The van der Waals surface area contributed by atoms with E-state index >= 15 is 0 Å². The minimum Gasteiger partial charge on any atom is -0.445 e. The molecular formula is C20H20N2O4S. The van der Waals surface area contributed by atoms with Gasteiger partial charge in [-0.25, -0.2) is 13.2 Å². The summed E-state index contributed by atoms with van der Waals surface area (Å²) in [4.78, 5) is 11.7. The maximum Gasteiger partial charge on any atom is 0.408 e. The summed E-state index contributed by atoms with van der Waals surface area (Å²) in [6.07, 6.45) is 0.0952. The number of carbonyl (C=O) groups is 1. The Labute approximate surface area is 159 Å². The van der Waals surface area contributed by atoms with E-state index in [9.17, 15) is 13.2 Å². The van der Waals surface area contributed by atoms with Crippen molar-refractivity contribution in [2.45, 2.75) is 13.0 Å². The Balaban J connectivity index is 1.51. The molecule has 0 bridgehead atoms. The van der Waals surface area contributed by atoms with E-state index in [1.807, 2.05) is 30.3 Å². The fourth-order valence-electron chi connectivity index (χ4n) is 2.71. The number of hydrogen-bond acceptors (Lipinski definition) is 4. The zero-order valence-electron chi connectivity index (χ0n) is 14.7. The summed E-state index contributed by atoms with van der Waals surface area (Å²) in [6.45, 7) is 0.834. The van der Waals surface area contributed by atoms with Gasteiger partial charge in [-0.15, -0.1) is 0 Å². The summed E-state index contributed by atoms with van der Waals surface area (Å²) in [5.41, 5.74) is 2.22. The Bertz CT molecular complexity index is 962. The van der Waals surface area contributed by atoms with Crippen LogP contribution in [-0.4, -0.2) is 33.4 Å². The maximum atomic E-state index is 12.0. The van der Waals surface area contributed by atoms with Crippen LogP contribution in [0.2, 0.25) is 0 Å². The predicted octanol–water partition coefficient (Wildman–Crippen LogP) is 2.50. The van der Waals surface area contributed by atoms with E-state index in [0.717, 1.165) is 5.56 Å². The number of hydrogen-bond donors (Lipinski definition) is 1. The minimum absolute atomic E-state index is 0.139. The molecule has 140 valence electrons. The molecule has 27 heavy (non-hydrogen) atoms. The van der Waals surface area contributed by atoms with Gasteiger partial charge in [-0.1, -0.05) is 48.2 Å². The van der Waals surface area contributed by atoms with Crippen LogP contribution in [0.1, 0.15) is 17.5 Å². The predicted molar refractivity (Wildman–Crippen MR) is 104 cm³/mol. The molecule has 0 atom stereocenters. The number of sulfonamides is 1. The van der Waals surface area contributed by atoms with Crippen molar-refractivity contribution in [3.63, 3.8) is 0 Å². The fraction of sp³-hybridized carbons (Fsp3) is 0.250. The first-order valence-electron chi connectivity index (χ1n) is 8.58. The molecule has 7 heteroatoms. The smallest absolute Gasteiger partial charge is 0.408 e. The van der Waals surface area contributed by atoms with E-state index in [1.54, 1.807) is 24.3 Å². The topological polar surface area (TPSA) is 75.7 Å². The third kappa shape index (κ3) is 5.25. The van der Waals surface area contributed by atoms with Gasteiger partial charge in [0.15, 0.2) is 0 Å². The van der Waals surface area contributed by atoms with Crippen molar-refractivity contribution in [1.82, 2.24) is 5.32 Å². The number of benzene rings is 2. The van der Waals surface area contributed by atoms with Crippen LogP contribution in [0.15, 0.2) is 54.6 Å². The molecule has 0 unspecified atom stereocenters. The average molecular weight is 384 g/mol. The number of ether oxygens (including phenoxy) is 1. The molecule has 1 N–H and O–H groups in total. The zero-order valence-corrected chi connectivity index (χ0v) is 15.5. The quantitative estimate of drug-likeness (QED) is 0.822. The highest BCUT2D eigenvalue weighted by molar-refractivity contribution is 7.93. The summed E-state index contributed by atoms with van der Waals surface area (Å²) in [6, 6.07) is 16.5. The standard InChI is InChI=1S/C20H20N2O4S/c23-20(26-16-18-7-2-1-3-8-18)21-12-5-10-17-9-4-11-19(15-17)22-13-6-14-27(22,24)25/h1-4,7-9,11,15H,6,12-14,16H2,(H,21,23). The summed E-state index contributed by atoms with van der Waals surface area (Å²) in [5, 5.41) is 2.56. The molecule has 2 aromatic carbocycles. The first kappa shape index (κ1) is 18.8.